The first kappa shape index (κ1) is 14.5. The third-order valence-electron chi connectivity index (χ3n) is 3.51. The van der Waals surface area contributed by atoms with Crippen molar-refractivity contribution in [2.45, 2.75) is 45.6 Å². The number of carbonyl (C=O) groups excluding carboxylic acids is 1. The molecule has 1 atom stereocenters. The van der Waals surface area contributed by atoms with Crippen LogP contribution in [0.15, 0.2) is 0 Å². The van der Waals surface area contributed by atoms with E-state index in [2.05, 4.69) is 19.2 Å². The molecule has 0 saturated heterocycles. The van der Waals surface area contributed by atoms with E-state index in [-0.39, 0.29) is 24.0 Å². The van der Waals surface area contributed by atoms with E-state index in [0.717, 1.165) is 6.42 Å². The molecule has 0 bridgehead atoms. The topological polar surface area (TPSA) is 47.6 Å². The van der Waals surface area contributed by atoms with Gasteiger partial charge in [0.2, 0.25) is 5.91 Å². The van der Waals surface area contributed by atoms with Crippen molar-refractivity contribution < 1.29 is 14.3 Å². The fraction of sp³-hybridized carbons (Fsp3) is 0.923. The van der Waals surface area contributed by atoms with Gasteiger partial charge in [-0.1, -0.05) is 26.7 Å². The summed E-state index contributed by atoms with van der Waals surface area (Å²) in [4.78, 5) is 11.7. The second kappa shape index (κ2) is 6.97. The largest absolute Gasteiger partial charge is 0.382 e. The summed E-state index contributed by atoms with van der Waals surface area (Å²) in [5.41, 5.74) is 0.209. The molecule has 0 aromatic rings. The Morgan fingerprint density at radius 1 is 1.35 bits per heavy atom. The van der Waals surface area contributed by atoms with Crippen molar-refractivity contribution in [3.63, 3.8) is 0 Å². The molecular formula is C13H25NO3. The molecule has 1 saturated carbocycles. The quantitative estimate of drug-likeness (QED) is 0.723. The van der Waals surface area contributed by atoms with Crippen molar-refractivity contribution in [1.82, 2.24) is 5.32 Å². The maximum Gasteiger partial charge on any atom is 0.246 e. The Kier molecular flexibility index (Phi) is 5.92. The van der Waals surface area contributed by atoms with E-state index in [9.17, 15) is 4.79 Å². The molecule has 4 nitrogen and oxygen atoms in total. The van der Waals surface area contributed by atoms with Gasteiger partial charge in [-0.15, -0.1) is 0 Å². The van der Waals surface area contributed by atoms with E-state index in [4.69, 9.17) is 9.47 Å². The van der Waals surface area contributed by atoms with Crippen LogP contribution in [0.1, 0.15) is 39.5 Å². The monoisotopic (exact) mass is 243 g/mol. The van der Waals surface area contributed by atoms with Crippen LogP contribution < -0.4 is 5.32 Å². The SMILES string of the molecule is COCCOCC(=O)NC1CCCCC1(C)C. The molecule has 0 aromatic heterocycles. The fourth-order valence-corrected chi connectivity index (χ4v) is 2.30. The number of ether oxygens (including phenoxy) is 2. The van der Waals surface area contributed by atoms with Gasteiger partial charge in [-0.25, -0.2) is 0 Å². The van der Waals surface area contributed by atoms with Gasteiger partial charge in [-0.05, 0) is 18.3 Å². The van der Waals surface area contributed by atoms with Gasteiger partial charge < -0.3 is 14.8 Å². The standard InChI is InChI=1S/C13H25NO3/c1-13(2)7-5-4-6-11(13)14-12(15)10-17-9-8-16-3/h11H,4-10H2,1-3H3,(H,14,15). The summed E-state index contributed by atoms with van der Waals surface area (Å²) in [7, 11) is 1.62. The Hall–Kier alpha value is -0.610. The van der Waals surface area contributed by atoms with Crippen LogP contribution in [0, 0.1) is 5.41 Å². The normalized spacial score (nSPS) is 23.4. The molecule has 4 heteroatoms. The van der Waals surface area contributed by atoms with E-state index in [1.807, 2.05) is 0 Å². The zero-order valence-corrected chi connectivity index (χ0v) is 11.3. The molecule has 100 valence electrons. The average molecular weight is 243 g/mol. The predicted molar refractivity (Wildman–Crippen MR) is 66.9 cm³/mol. The van der Waals surface area contributed by atoms with E-state index in [1.165, 1.54) is 19.3 Å². The summed E-state index contributed by atoms with van der Waals surface area (Å²) < 4.78 is 10.1. The van der Waals surface area contributed by atoms with Gasteiger partial charge >= 0.3 is 0 Å². The number of carbonyl (C=O) groups is 1. The van der Waals surface area contributed by atoms with E-state index in [1.54, 1.807) is 7.11 Å². The lowest BCUT2D eigenvalue weighted by Crippen LogP contribution is -2.47. The summed E-state index contributed by atoms with van der Waals surface area (Å²) >= 11 is 0. The molecule has 1 fully saturated rings. The molecule has 1 aliphatic rings. The predicted octanol–water partition coefficient (Wildman–Crippen LogP) is 1.73. The number of nitrogens with one attached hydrogen (secondary N) is 1. The molecule has 17 heavy (non-hydrogen) atoms. The highest BCUT2D eigenvalue weighted by molar-refractivity contribution is 5.77. The first-order valence-electron chi connectivity index (χ1n) is 6.42. The van der Waals surface area contributed by atoms with Crippen molar-refractivity contribution in [3.8, 4) is 0 Å². The molecule has 1 rings (SSSR count). The highest BCUT2D eigenvalue weighted by atomic mass is 16.5. The number of methoxy groups -OCH3 is 1. The fourth-order valence-electron chi connectivity index (χ4n) is 2.30. The smallest absolute Gasteiger partial charge is 0.246 e. The van der Waals surface area contributed by atoms with Gasteiger partial charge in [-0.2, -0.15) is 0 Å². The minimum absolute atomic E-state index is 0.0129. The van der Waals surface area contributed by atoms with E-state index >= 15 is 0 Å². The molecule has 1 N–H and O–H groups in total. The van der Waals surface area contributed by atoms with Crippen LogP contribution in [0.3, 0.4) is 0 Å². The highest BCUT2D eigenvalue weighted by Gasteiger charge is 2.32. The van der Waals surface area contributed by atoms with Gasteiger partial charge in [0.15, 0.2) is 0 Å². The zero-order chi connectivity index (χ0) is 12.7. The zero-order valence-electron chi connectivity index (χ0n) is 11.3. The van der Waals surface area contributed by atoms with Crippen molar-refractivity contribution in [2.24, 2.45) is 5.41 Å². The summed E-state index contributed by atoms with van der Waals surface area (Å²) in [5, 5.41) is 3.08. The summed E-state index contributed by atoms with van der Waals surface area (Å²) in [6.45, 7) is 5.59. The van der Waals surface area contributed by atoms with Gasteiger partial charge in [-0.3, -0.25) is 4.79 Å². The maximum atomic E-state index is 11.7. The van der Waals surface area contributed by atoms with Crippen molar-refractivity contribution in [2.75, 3.05) is 26.9 Å². The molecule has 0 heterocycles. The Morgan fingerprint density at radius 3 is 2.76 bits per heavy atom. The number of rotatable bonds is 6. The summed E-state index contributed by atoms with van der Waals surface area (Å²) in [5.74, 6) is -0.0129. The van der Waals surface area contributed by atoms with Crippen LogP contribution in [0.4, 0.5) is 0 Å². The molecule has 1 unspecified atom stereocenters. The van der Waals surface area contributed by atoms with Crippen LogP contribution in [0.25, 0.3) is 0 Å². The first-order valence-corrected chi connectivity index (χ1v) is 6.42. The Morgan fingerprint density at radius 2 is 2.12 bits per heavy atom. The Labute approximate surface area is 104 Å². The summed E-state index contributed by atoms with van der Waals surface area (Å²) in [6, 6.07) is 0.287. The third-order valence-corrected chi connectivity index (χ3v) is 3.51. The Bertz CT molecular complexity index is 241. The van der Waals surface area contributed by atoms with Crippen molar-refractivity contribution in [3.05, 3.63) is 0 Å². The molecule has 1 amide bonds. The lowest BCUT2D eigenvalue weighted by molar-refractivity contribution is -0.128. The number of hydrogen-bond donors (Lipinski definition) is 1. The molecule has 0 radical (unpaired) electrons. The molecule has 0 spiro atoms. The van der Waals surface area contributed by atoms with Gasteiger partial charge in [0.05, 0.1) is 13.2 Å². The third kappa shape index (κ3) is 5.04. The van der Waals surface area contributed by atoms with Gasteiger partial charge in [0, 0.05) is 13.2 Å². The Balaban J connectivity index is 2.24. The van der Waals surface area contributed by atoms with Crippen LogP contribution in [0.5, 0.6) is 0 Å². The minimum Gasteiger partial charge on any atom is -0.382 e. The van der Waals surface area contributed by atoms with Gasteiger partial charge in [0.25, 0.3) is 0 Å². The van der Waals surface area contributed by atoms with Crippen LogP contribution in [0.2, 0.25) is 0 Å². The first-order chi connectivity index (χ1) is 8.06. The molecule has 0 aliphatic heterocycles. The van der Waals surface area contributed by atoms with E-state index < -0.39 is 0 Å². The van der Waals surface area contributed by atoms with Gasteiger partial charge in [0.1, 0.15) is 6.61 Å². The maximum absolute atomic E-state index is 11.7. The van der Waals surface area contributed by atoms with Crippen molar-refractivity contribution in [1.29, 1.82) is 0 Å². The second-order valence-corrected chi connectivity index (χ2v) is 5.40. The van der Waals surface area contributed by atoms with E-state index in [0.29, 0.717) is 13.2 Å². The molecule has 0 aromatic carbocycles. The number of amides is 1. The lowest BCUT2D eigenvalue weighted by Gasteiger charge is -2.39. The van der Waals surface area contributed by atoms with Crippen LogP contribution in [-0.4, -0.2) is 38.9 Å². The highest BCUT2D eigenvalue weighted by Crippen LogP contribution is 2.35. The second-order valence-electron chi connectivity index (χ2n) is 5.40. The lowest BCUT2D eigenvalue weighted by atomic mass is 9.73. The van der Waals surface area contributed by atoms with Crippen LogP contribution in [-0.2, 0) is 14.3 Å². The average Bonchev–Trinajstić information content (AvgIpc) is 2.27. The van der Waals surface area contributed by atoms with Crippen molar-refractivity contribution >= 4 is 5.91 Å². The molecular weight excluding hydrogens is 218 g/mol. The van der Waals surface area contributed by atoms with Crippen LogP contribution >= 0.6 is 0 Å². The summed E-state index contributed by atoms with van der Waals surface area (Å²) in [6.07, 6.45) is 4.74. The minimum atomic E-state index is -0.0129. The number of hydrogen-bond acceptors (Lipinski definition) is 3. The molecule has 1 aliphatic carbocycles.